The van der Waals surface area contributed by atoms with Crippen LogP contribution in [0.25, 0.3) is 0 Å². The molecule has 0 amide bonds. The van der Waals surface area contributed by atoms with Gasteiger partial charge in [-0.1, -0.05) is 19.3 Å². The average molecular weight is 419 g/mol. The predicted octanol–water partition coefficient (Wildman–Crippen LogP) is 3.26. The summed E-state index contributed by atoms with van der Waals surface area (Å²) in [5.74, 6) is 3.33. The molecule has 3 aliphatic carbocycles. The van der Waals surface area contributed by atoms with E-state index < -0.39 is 0 Å². The third-order valence-electron chi connectivity index (χ3n) is 9.29. The number of hydrogen-bond donors (Lipinski definition) is 2. The molecule has 7 unspecified atom stereocenters. The van der Waals surface area contributed by atoms with Crippen LogP contribution in [0.3, 0.4) is 0 Å². The summed E-state index contributed by atoms with van der Waals surface area (Å²) < 4.78 is 6.57. The lowest BCUT2D eigenvalue weighted by Gasteiger charge is -2.56. The van der Waals surface area contributed by atoms with Gasteiger partial charge >= 0.3 is 0 Å². The maximum absolute atomic E-state index is 6.57. The molecule has 0 aromatic heterocycles. The first kappa shape index (κ1) is 21.6. The van der Waals surface area contributed by atoms with Gasteiger partial charge in [-0.15, -0.1) is 0 Å². The minimum Gasteiger partial charge on any atom is -0.378 e. The monoisotopic (exact) mass is 418 g/mol. The van der Waals surface area contributed by atoms with Crippen molar-refractivity contribution in [2.75, 3.05) is 39.8 Å². The van der Waals surface area contributed by atoms with Crippen molar-refractivity contribution in [3.63, 3.8) is 0 Å². The minimum absolute atomic E-state index is 0.415. The number of fused-ring (bicyclic) bond motifs is 3. The molecule has 2 aliphatic heterocycles. The summed E-state index contributed by atoms with van der Waals surface area (Å²) in [5, 5.41) is 7.96. The van der Waals surface area contributed by atoms with E-state index in [0.29, 0.717) is 24.5 Å². The second-order valence-corrected chi connectivity index (χ2v) is 11.3. The number of ether oxygens (including phenoxy) is 1. The van der Waals surface area contributed by atoms with E-state index in [9.17, 15) is 0 Å². The van der Waals surface area contributed by atoms with E-state index in [1.54, 1.807) is 0 Å². The van der Waals surface area contributed by atoms with Crippen LogP contribution in [0, 0.1) is 23.7 Å². The van der Waals surface area contributed by atoms with E-state index in [1.165, 1.54) is 90.4 Å². The molecular formula is C25H46N4O. The highest BCUT2D eigenvalue weighted by Gasteiger charge is 2.49. The Hall–Kier alpha value is -0.200. The Kier molecular flexibility index (Phi) is 7.03. The van der Waals surface area contributed by atoms with Crippen molar-refractivity contribution in [2.45, 2.75) is 95.6 Å². The van der Waals surface area contributed by atoms with E-state index >= 15 is 0 Å². The maximum Gasteiger partial charge on any atom is 0.0654 e. The predicted molar refractivity (Wildman–Crippen MR) is 122 cm³/mol. The molecule has 172 valence electrons. The smallest absolute Gasteiger partial charge is 0.0654 e. The molecule has 0 bridgehead atoms. The lowest BCUT2D eigenvalue weighted by molar-refractivity contribution is -0.0768. The van der Waals surface area contributed by atoms with Crippen LogP contribution in [-0.4, -0.2) is 74.1 Å². The van der Waals surface area contributed by atoms with Crippen LogP contribution in [0.4, 0.5) is 0 Å². The van der Waals surface area contributed by atoms with E-state index in [-0.39, 0.29) is 0 Å². The van der Waals surface area contributed by atoms with Crippen LogP contribution in [-0.2, 0) is 4.74 Å². The normalized spacial score (nSPS) is 44.4. The quantitative estimate of drug-likeness (QED) is 0.733. The van der Waals surface area contributed by atoms with Crippen LogP contribution < -0.4 is 10.6 Å². The third kappa shape index (κ3) is 4.76. The fourth-order valence-electron chi connectivity index (χ4n) is 7.50. The lowest BCUT2D eigenvalue weighted by atomic mass is 9.62. The lowest BCUT2D eigenvalue weighted by Crippen LogP contribution is -2.71. The SMILES string of the molecule is CC1NC2C3CC(OCC4CCCCC4)CCC3CCC2C(N2CCN(C)CC2)N1. The second-order valence-electron chi connectivity index (χ2n) is 11.3. The number of nitrogens with one attached hydrogen (secondary N) is 2. The van der Waals surface area contributed by atoms with Crippen molar-refractivity contribution in [3.8, 4) is 0 Å². The molecule has 2 heterocycles. The van der Waals surface area contributed by atoms with Gasteiger partial charge in [-0.25, -0.2) is 0 Å². The zero-order chi connectivity index (χ0) is 20.5. The molecule has 5 heteroatoms. The Labute approximate surface area is 184 Å². The average Bonchev–Trinajstić information content (AvgIpc) is 2.78. The minimum atomic E-state index is 0.415. The molecule has 5 aliphatic rings. The van der Waals surface area contributed by atoms with Gasteiger partial charge in [0.25, 0.3) is 0 Å². The Morgan fingerprint density at radius 2 is 1.60 bits per heavy atom. The van der Waals surface area contributed by atoms with E-state index in [1.807, 2.05) is 0 Å². The summed E-state index contributed by atoms with van der Waals surface area (Å²) in [6, 6.07) is 0.672. The van der Waals surface area contributed by atoms with Crippen molar-refractivity contribution >= 4 is 0 Å². The highest BCUT2D eigenvalue weighted by atomic mass is 16.5. The molecule has 5 rings (SSSR count). The zero-order valence-electron chi connectivity index (χ0n) is 19.5. The maximum atomic E-state index is 6.57. The zero-order valence-corrected chi connectivity index (χ0v) is 19.5. The molecule has 2 saturated heterocycles. The van der Waals surface area contributed by atoms with Crippen molar-refractivity contribution in [2.24, 2.45) is 23.7 Å². The van der Waals surface area contributed by atoms with E-state index in [4.69, 9.17) is 4.74 Å². The Balaban J connectivity index is 1.21. The molecule has 5 fully saturated rings. The summed E-state index contributed by atoms with van der Waals surface area (Å²) in [6.07, 6.45) is 15.4. The fraction of sp³-hybridized carbons (Fsp3) is 1.00. The number of rotatable bonds is 4. The highest BCUT2D eigenvalue weighted by molar-refractivity contribution is 5.03. The first-order valence-electron chi connectivity index (χ1n) is 13.2. The first-order chi connectivity index (χ1) is 14.7. The molecule has 5 nitrogen and oxygen atoms in total. The summed E-state index contributed by atoms with van der Waals surface area (Å²) >= 11 is 0. The molecule has 7 atom stereocenters. The summed E-state index contributed by atoms with van der Waals surface area (Å²) in [7, 11) is 2.26. The van der Waals surface area contributed by atoms with Crippen LogP contribution in [0.15, 0.2) is 0 Å². The topological polar surface area (TPSA) is 39.8 Å². The Morgan fingerprint density at radius 3 is 2.40 bits per heavy atom. The van der Waals surface area contributed by atoms with Crippen LogP contribution in [0.1, 0.15) is 71.1 Å². The van der Waals surface area contributed by atoms with Crippen molar-refractivity contribution in [3.05, 3.63) is 0 Å². The van der Waals surface area contributed by atoms with Crippen molar-refractivity contribution in [1.82, 2.24) is 20.4 Å². The van der Waals surface area contributed by atoms with Gasteiger partial charge in [0, 0.05) is 44.7 Å². The Morgan fingerprint density at radius 1 is 0.833 bits per heavy atom. The molecule has 0 radical (unpaired) electrons. The largest absolute Gasteiger partial charge is 0.378 e. The number of hydrogen-bond acceptors (Lipinski definition) is 5. The molecule has 0 spiro atoms. The molecule has 30 heavy (non-hydrogen) atoms. The number of piperazine rings is 1. The van der Waals surface area contributed by atoms with E-state index in [2.05, 4.69) is 34.4 Å². The summed E-state index contributed by atoms with van der Waals surface area (Å²) in [5.41, 5.74) is 0. The van der Waals surface area contributed by atoms with Gasteiger partial charge < -0.3 is 9.64 Å². The molecular weight excluding hydrogens is 372 g/mol. The van der Waals surface area contributed by atoms with Crippen molar-refractivity contribution in [1.29, 1.82) is 0 Å². The molecule has 2 N–H and O–H groups in total. The third-order valence-corrected chi connectivity index (χ3v) is 9.29. The number of likely N-dealkylation sites (N-methyl/N-ethyl adjacent to an activating group) is 1. The van der Waals surface area contributed by atoms with Gasteiger partial charge in [-0.05, 0) is 76.7 Å². The van der Waals surface area contributed by atoms with E-state index in [0.717, 1.165) is 30.3 Å². The van der Waals surface area contributed by atoms with Gasteiger partial charge in [0.05, 0.1) is 18.4 Å². The van der Waals surface area contributed by atoms with Gasteiger partial charge in [-0.3, -0.25) is 15.5 Å². The fourth-order valence-corrected chi connectivity index (χ4v) is 7.50. The van der Waals surface area contributed by atoms with Gasteiger partial charge in [0.2, 0.25) is 0 Å². The molecule has 3 saturated carbocycles. The number of nitrogens with zero attached hydrogens (tertiary/aromatic N) is 2. The van der Waals surface area contributed by atoms with Gasteiger partial charge in [0.1, 0.15) is 0 Å². The van der Waals surface area contributed by atoms with Crippen LogP contribution in [0.5, 0.6) is 0 Å². The van der Waals surface area contributed by atoms with Crippen LogP contribution in [0.2, 0.25) is 0 Å². The van der Waals surface area contributed by atoms with Crippen LogP contribution >= 0.6 is 0 Å². The van der Waals surface area contributed by atoms with Gasteiger partial charge in [-0.2, -0.15) is 0 Å². The van der Waals surface area contributed by atoms with Crippen molar-refractivity contribution < 1.29 is 4.74 Å². The summed E-state index contributed by atoms with van der Waals surface area (Å²) in [6.45, 7) is 8.21. The highest BCUT2D eigenvalue weighted by Crippen LogP contribution is 2.46. The second kappa shape index (κ2) is 9.74. The first-order valence-corrected chi connectivity index (χ1v) is 13.2. The standard InChI is InChI=1S/C25H46N4O/c1-18-26-24-22(25(27-18)29-14-12-28(2)13-15-29)11-9-20-8-10-21(16-23(20)24)30-17-19-6-4-3-5-7-19/h18-27H,3-17H2,1-2H3. The Bertz CT molecular complexity index is 545. The summed E-state index contributed by atoms with van der Waals surface area (Å²) in [4.78, 5) is 5.24. The molecule has 0 aromatic carbocycles. The molecule has 0 aromatic rings. The van der Waals surface area contributed by atoms with Gasteiger partial charge in [0.15, 0.2) is 0 Å².